The highest BCUT2D eigenvalue weighted by Crippen LogP contribution is 2.02. The highest BCUT2D eigenvalue weighted by Gasteiger charge is 2.12. The van der Waals surface area contributed by atoms with E-state index in [0.717, 1.165) is 58.5 Å². The van der Waals surface area contributed by atoms with Gasteiger partial charge in [-0.25, -0.2) is 4.79 Å². The Labute approximate surface area is 145 Å². The fourth-order valence-electron chi connectivity index (χ4n) is 2.61. The normalized spacial score (nSPS) is 12.8. The van der Waals surface area contributed by atoms with Crippen molar-refractivity contribution in [3.05, 3.63) is 0 Å². The number of hydrogen-bond acceptors (Lipinski definition) is 7. The molecule has 24 heavy (non-hydrogen) atoms. The van der Waals surface area contributed by atoms with Crippen molar-refractivity contribution in [1.82, 2.24) is 15.1 Å². The van der Waals surface area contributed by atoms with Crippen LogP contribution in [-0.2, 0) is 0 Å². The third kappa shape index (κ3) is 13.5. The topological polar surface area (TPSA) is 160 Å². The van der Waals surface area contributed by atoms with Gasteiger partial charge in [0.2, 0.25) is 0 Å². The van der Waals surface area contributed by atoms with E-state index < -0.39 is 6.09 Å². The minimum atomic E-state index is -0.979. The van der Waals surface area contributed by atoms with Crippen molar-refractivity contribution >= 4 is 6.09 Å². The zero-order chi connectivity index (χ0) is 18.2. The van der Waals surface area contributed by atoms with Crippen LogP contribution in [0.5, 0.6) is 0 Å². The minimum absolute atomic E-state index is 0.0684. The SMILES string of the molecule is NCCN(CCN)CCN(CCN)CC(N)CCCCNC(=O)O. The van der Waals surface area contributed by atoms with E-state index in [0.29, 0.717) is 26.2 Å². The van der Waals surface area contributed by atoms with Gasteiger partial charge in [0.1, 0.15) is 0 Å². The van der Waals surface area contributed by atoms with Crippen molar-refractivity contribution < 1.29 is 9.90 Å². The summed E-state index contributed by atoms with van der Waals surface area (Å²) < 4.78 is 0. The molecule has 0 aromatic carbocycles. The van der Waals surface area contributed by atoms with Gasteiger partial charge in [0.25, 0.3) is 0 Å². The second-order valence-electron chi connectivity index (χ2n) is 6.00. The van der Waals surface area contributed by atoms with E-state index in [1.165, 1.54) is 0 Å². The Kier molecular flexibility index (Phi) is 14.9. The maximum absolute atomic E-state index is 10.4. The largest absolute Gasteiger partial charge is 0.465 e. The fourth-order valence-corrected chi connectivity index (χ4v) is 2.61. The van der Waals surface area contributed by atoms with E-state index in [1.54, 1.807) is 0 Å². The Morgan fingerprint density at radius 1 is 0.917 bits per heavy atom. The standard InChI is InChI=1S/C15H37N7O2/c16-4-8-21(9-5-17)11-12-22(10-6-18)13-14(19)3-1-2-7-20-15(23)24/h14,20H,1-13,16-19H2,(H,23,24). The monoisotopic (exact) mass is 347 g/mol. The van der Waals surface area contributed by atoms with E-state index in [-0.39, 0.29) is 6.04 Å². The number of nitrogens with two attached hydrogens (primary N) is 4. The molecule has 9 heteroatoms. The molecule has 0 aromatic heterocycles. The van der Waals surface area contributed by atoms with Gasteiger partial charge in [-0.1, -0.05) is 6.42 Å². The average molecular weight is 348 g/mol. The summed E-state index contributed by atoms with van der Waals surface area (Å²) in [6, 6.07) is 0.0684. The zero-order valence-corrected chi connectivity index (χ0v) is 14.8. The van der Waals surface area contributed by atoms with Crippen LogP contribution < -0.4 is 28.3 Å². The van der Waals surface area contributed by atoms with Crippen molar-refractivity contribution in [2.75, 3.05) is 65.4 Å². The Bertz CT molecular complexity index is 302. The second-order valence-corrected chi connectivity index (χ2v) is 6.00. The highest BCUT2D eigenvalue weighted by molar-refractivity contribution is 5.64. The lowest BCUT2D eigenvalue weighted by atomic mass is 10.1. The lowest BCUT2D eigenvalue weighted by Crippen LogP contribution is -2.45. The lowest BCUT2D eigenvalue weighted by Gasteiger charge is -2.28. The molecular weight excluding hydrogens is 310 g/mol. The van der Waals surface area contributed by atoms with Crippen molar-refractivity contribution in [3.63, 3.8) is 0 Å². The molecule has 0 spiro atoms. The van der Waals surface area contributed by atoms with Gasteiger partial charge in [0.15, 0.2) is 0 Å². The summed E-state index contributed by atoms with van der Waals surface area (Å²) in [4.78, 5) is 14.9. The molecule has 0 bridgehead atoms. The number of nitrogens with one attached hydrogen (secondary N) is 1. The Morgan fingerprint density at radius 2 is 1.46 bits per heavy atom. The summed E-state index contributed by atoms with van der Waals surface area (Å²) in [6.07, 6.45) is 1.60. The highest BCUT2D eigenvalue weighted by atomic mass is 16.4. The molecule has 9 nitrogen and oxygen atoms in total. The first-order valence-corrected chi connectivity index (χ1v) is 8.80. The molecular formula is C15H37N7O2. The number of nitrogens with zero attached hydrogens (tertiary/aromatic N) is 2. The first-order valence-electron chi connectivity index (χ1n) is 8.80. The van der Waals surface area contributed by atoms with Crippen LogP contribution in [0.25, 0.3) is 0 Å². The molecule has 1 atom stereocenters. The van der Waals surface area contributed by atoms with Crippen LogP contribution >= 0.6 is 0 Å². The van der Waals surface area contributed by atoms with Crippen molar-refractivity contribution in [2.24, 2.45) is 22.9 Å². The average Bonchev–Trinajstić information content (AvgIpc) is 2.52. The molecule has 0 aliphatic carbocycles. The molecule has 1 amide bonds. The molecule has 0 radical (unpaired) electrons. The Morgan fingerprint density at radius 3 is 2.00 bits per heavy atom. The first kappa shape index (κ1) is 23.0. The number of unbranched alkanes of at least 4 members (excludes halogenated alkanes) is 1. The molecule has 0 heterocycles. The van der Waals surface area contributed by atoms with E-state index >= 15 is 0 Å². The Hall–Kier alpha value is -0.970. The quantitative estimate of drug-likeness (QED) is 0.179. The van der Waals surface area contributed by atoms with Gasteiger partial charge in [-0.15, -0.1) is 0 Å². The molecule has 10 N–H and O–H groups in total. The minimum Gasteiger partial charge on any atom is -0.465 e. The zero-order valence-electron chi connectivity index (χ0n) is 14.8. The summed E-state index contributed by atoms with van der Waals surface area (Å²) in [7, 11) is 0. The van der Waals surface area contributed by atoms with Gasteiger partial charge < -0.3 is 33.4 Å². The van der Waals surface area contributed by atoms with Crippen molar-refractivity contribution in [1.29, 1.82) is 0 Å². The summed E-state index contributed by atoms with van der Waals surface area (Å²) >= 11 is 0. The van der Waals surface area contributed by atoms with Gasteiger partial charge >= 0.3 is 6.09 Å². The van der Waals surface area contributed by atoms with Crippen LogP contribution in [0.15, 0.2) is 0 Å². The molecule has 0 aliphatic rings. The van der Waals surface area contributed by atoms with E-state index in [9.17, 15) is 4.79 Å². The second kappa shape index (κ2) is 15.6. The maximum Gasteiger partial charge on any atom is 0.404 e. The summed E-state index contributed by atoms with van der Waals surface area (Å²) in [6.45, 7) is 7.42. The molecule has 0 saturated carbocycles. The van der Waals surface area contributed by atoms with Crippen molar-refractivity contribution in [2.45, 2.75) is 25.3 Å². The molecule has 1 unspecified atom stereocenters. The van der Waals surface area contributed by atoms with Gasteiger partial charge in [-0.2, -0.15) is 0 Å². The summed E-state index contributed by atoms with van der Waals surface area (Å²) in [5, 5.41) is 10.9. The number of rotatable bonds is 16. The Balaban J connectivity index is 4.04. The van der Waals surface area contributed by atoms with Gasteiger partial charge in [0.05, 0.1) is 0 Å². The lowest BCUT2D eigenvalue weighted by molar-refractivity contribution is 0.194. The van der Waals surface area contributed by atoms with Crippen LogP contribution in [0.1, 0.15) is 19.3 Å². The van der Waals surface area contributed by atoms with E-state index in [4.69, 9.17) is 28.0 Å². The smallest absolute Gasteiger partial charge is 0.404 e. The van der Waals surface area contributed by atoms with Gasteiger partial charge in [-0.3, -0.25) is 9.80 Å². The molecule has 0 saturated heterocycles. The van der Waals surface area contributed by atoms with E-state index in [1.807, 2.05) is 0 Å². The molecule has 0 aromatic rings. The molecule has 144 valence electrons. The number of hydrogen-bond donors (Lipinski definition) is 6. The van der Waals surface area contributed by atoms with E-state index in [2.05, 4.69) is 15.1 Å². The molecule has 0 aliphatic heterocycles. The number of carbonyl (C=O) groups is 1. The summed E-state index contributed by atoms with van der Waals surface area (Å²) in [5.41, 5.74) is 23.1. The fraction of sp³-hybridized carbons (Fsp3) is 0.933. The number of carboxylic acid groups (broad SMARTS) is 1. The third-order valence-corrected chi connectivity index (χ3v) is 3.84. The van der Waals surface area contributed by atoms with Crippen LogP contribution in [0, 0.1) is 0 Å². The third-order valence-electron chi connectivity index (χ3n) is 3.84. The predicted molar refractivity (Wildman–Crippen MR) is 97.9 cm³/mol. The van der Waals surface area contributed by atoms with Crippen LogP contribution in [0.3, 0.4) is 0 Å². The predicted octanol–water partition coefficient (Wildman–Crippen LogP) is -1.77. The molecule has 0 fully saturated rings. The summed E-state index contributed by atoms with van der Waals surface area (Å²) in [5.74, 6) is 0. The van der Waals surface area contributed by atoms with Gasteiger partial charge in [0, 0.05) is 71.5 Å². The molecule has 0 rings (SSSR count). The van der Waals surface area contributed by atoms with Crippen molar-refractivity contribution in [3.8, 4) is 0 Å². The maximum atomic E-state index is 10.4. The van der Waals surface area contributed by atoms with Crippen LogP contribution in [0.4, 0.5) is 4.79 Å². The van der Waals surface area contributed by atoms with Crippen LogP contribution in [-0.4, -0.2) is 92.5 Å². The van der Waals surface area contributed by atoms with Crippen LogP contribution in [0.2, 0.25) is 0 Å². The number of amides is 1. The first-order chi connectivity index (χ1) is 11.5. The van der Waals surface area contributed by atoms with Gasteiger partial charge in [-0.05, 0) is 12.8 Å².